The molecule has 0 amide bonds. The van der Waals surface area contributed by atoms with Crippen LogP contribution in [0.3, 0.4) is 0 Å². The van der Waals surface area contributed by atoms with E-state index in [0.29, 0.717) is 5.02 Å². The number of phenols is 1. The van der Waals surface area contributed by atoms with Gasteiger partial charge in [0.25, 0.3) is 0 Å². The summed E-state index contributed by atoms with van der Waals surface area (Å²) in [6, 6.07) is 14.7. The van der Waals surface area contributed by atoms with Crippen LogP contribution in [-0.4, -0.2) is 10.1 Å². The summed E-state index contributed by atoms with van der Waals surface area (Å²) < 4.78 is 0. The van der Waals surface area contributed by atoms with E-state index in [1.165, 1.54) is 0 Å². The molecule has 0 aliphatic heterocycles. The first kappa shape index (κ1) is 15.6. The van der Waals surface area contributed by atoms with Gasteiger partial charge in [-0.1, -0.05) is 11.6 Å². The summed E-state index contributed by atoms with van der Waals surface area (Å²) in [5, 5.41) is 14.6. The average Bonchev–Trinajstić information content (AvgIpc) is 2.40. The monoisotopic (exact) mass is 364 g/mol. The van der Waals surface area contributed by atoms with Crippen LogP contribution < -0.4 is 5.32 Å². The van der Waals surface area contributed by atoms with Gasteiger partial charge in [0.2, 0.25) is 0 Å². The van der Waals surface area contributed by atoms with Crippen LogP contribution in [0.4, 0.5) is 11.4 Å². The van der Waals surface area contributed by atoms with E-state index in [9.17, 15) is 5.11 Å². The number of rotatable bonds is 2. The molecule has 3 nitrogen and oxygen atoms in total. The Morgan fingerprint density at radius 3 is 2.48 bits per heavy atom. The number of aromatic nitrogens is 1. The molecule has 0 radical (unpaired) electrons. The molecule has 3 aromatic rings. The van der Waals surface area contributed by atoms with Crippen LogP contribution in [0, 0.1) is 6.92 Å². The van der Waals surface area contributed by atoms with Crippen LogP contribution in [0.1, 0.15) is 5.69 Å². The van der Waals surface area contributed by atoms with Gasteiger partial charge in [0, 0.05) is 33.5 Å². The highest BCUT2D eigenvalue weighted by molar-refractivity contribution is 8.93. The molecule has 0 fully saturated rings. The molecular weight excluding hydrogens is 352 g/mol. The summed E-state index contributed by atoms with van der Waals surface area (Å²) in [5.41, 5.74) is 3.56. The smallest absolute Gasteiger partial charge is 0.117 e. The Kier molecular flexibility index (Phi) is 4.70. The number of benzene rings is 2. The number of anilines is 2. The summed E-state index contributed by atoms with van der Waals surface area (Å²) >= 11 is 5.89. The molecular formula is C16H14BrClN2O. The molecule has 0 saturated carbocycles. The zero-order valence-electron chi connectivity index (χ0n) is 11.3. The molecule has 0 saturated heterocycles. The van der Waals surface area contributed by atoms with E-state index in [1.54, 1.807) is 12.1 Å². The molecule has 3 rings (SSSR count). The van der Waals surface area contributed by atoms with E-state index in [-0.39, 0.29) is 22.7 Å². The number of halogens is 2. The Balaban J connectivity index is 0.00000161. The number of nitrogens with one attached hydrogen (secondary N) is 1. The van der Waals surface area contributed by atoms with E-state index in [2.05, 4.69) is 10.3 Å². The second-order valence-corrected chi connectivity index (χ2v) is 5.08. The van der Waals surface area contributed by atoms with Crippen molar-refractivity contribution >= 4 is 50.9 Å². The Morgan fingerprint density at radius 2 is 1.76 bits per heavy atom. The molecule has 0 aliphatic carbocycles. The van der Waals surface area contributed by atoms with Crippen molar-refractivity contribution in [2.24, 2.45) is 0 Å². The highest BCUT2D eigenvalue weighted by atomic mass is 79.9. The molecule has 0 bridgehead atoms. The van der Waals surface area contributed by atoms with Crippen molar-refractivity contribution in [1.29, 1.82) is 0 Å². The number of aromatic hydroxyl groups is 1. The molecule has 0 aliphatic rings. The van der Waals surface area contributed by atoms with E-state index in [1.807, 2.05) is 43.3 Å². The number of fused-ring (bicyclic) bond motifs is 1. The Bertz CT molecular complexity index is 770. The lowest BCUT2D eigenvalue weighted by atomic mass is 10.1. The molecule has 0 unspecified atom stereocenters. The third kappa shape index (κ3) is 3.46. The molecule has 0 atom stereocenters. The zero-order valence-corrected chi connectivity index (χ0v) is 13.8. The third-order valence-electron chi connectivity index (χ3n) is 3.04. The van der Waals surface area contributed by atoms with Crippen LogP contribution in [0.15, 0.2) is 48.5 Å². The van der Waals surface area contributed by atoms with Gasteiger partial charge in [-0.05, 0) is 49.4 Å². The molecule has 108 valence electrons. The van der Waals surface area contributed by atoms with Gasteiger partial charge in [0.1, 0.15) is 5.75 Å². The molecule has 21 heavy (non-hydrogen) atoms. The van der Waals surface area contributed by atoms with E-state index in [0.717, 1.165) is 28.0 Å². The Hall–Kier alpha value is -1.78. The van der Waals surface area contributed by atoms with Crippen molar-refractivity contribution < 1.29 is 5.11 Å². The molecule has 0 spiro atoms. The quantitative estimate of drug-likeness (QED) is 0.654. The van der Waals surface area contributed by atoms with Gasteiger partial charge in [-0.2, -0.15) is 0 Å². The number of hydrogen-bond acceptors (Lipinski definition) is 3. The van der Waals surface area contributed by atoms with Crippen LogP contribution in [0.2, 0.25) is 5.02 Å². The Morgan fingerprint density at radius 1 is 1.05 bits per heavy atom. The predicted octanol–water partition coefficient (Wildman–Crippen LogP) is 5.22. The van der Waals surface area contributed by atoms with Gasteiger partial charge in [-0.25, -0.2) is 0 Å². The van der Waals surface area contributed by atoms with Crippen molar-refractivity contribution in [3.63, 3.8) is 0 Å². The summed E-state index contributed by atoms with van der Waals surface area (Å²) in [7, 11) is 0. The fourth-order valence-corrected chi connectivity index (χ4v) is 2.27. The van der Waals surface area contributed by atoms with E-state index in [4.69, 9.17) is 11.6 Å². The maximum absolute atomic E-state index is 9.56. The van der Waals surface area contributed by atoms with Crippen LogP contribution in [-0.2, 0) is 0 Å². The fraction of sp³-hybridized carbons (Fsp3) is 0.0625. The number of pyridine rings is 1. The number of aryl methyl sites for hydroxylation is 1. The molecule has 1 aromatic heterocycles. The summed E-state index contributed by atoms with van der Waals surface area (Å²) in [6.45, 7) is 1.93. The minimum Gasteiger partial charge on any atom is -0.508 e. The van der Waals surface area contributed by atoms with Crippen molar-refractivity contribution in [3.05, 3.63) is 59.2 Å². The van der Waals surface area contributed by atoms with Crippen molar-refractivity contribution in [2.45, 2.75) is 6.92 Å². The van der Waals surface area contributed by atoms with Crippen LogP contribution >= 0.6 is 28.6 Å². The van der Waals surface area contributed by atoms with Gasteiger partial charge in [-0.15, -0.1) is 17.0 Å². The number of phenolic OH excluding ortho intramolecular Hbond substituents is 1. The zero-order chi connectivity index (χ0) is 14.1. The highest BCUT2D eigenvalue weighted by Crippen LogP contribution is 2.29. The maximum atomic E-state index is 9.56. The van der Waals surface area contributed by atoms with Crippen LogP contribution in [0.25, 0.3) is 10.9 Å². The SMILES string of the molecule is Br.Cc1cc(Nc2ccc(Cl)cc2)c2ccc(O)cc2n1. The normalized spacial score (nSPS) is 10.2. The summed E-state index contributed by atoms with van der Waals surface area (Å²) in [4.78, 5) is 4.43. The van der Waals surface area contributed by atoms with Gasteiger partial charge in [-0.3, -0.25) is 4.98 Å². The lowest BCUT2D eigenvalue weighted by molar-refractivity contribution is 0.476. The minimum atomic E-state index is 0. The highest BCUT2D eigenvalue weighted by Gasteiger charge is 2.05. The standard InChI is InChI=1S/C16H13ClN2O.BrH/c1-10-8-15(19-12-4-2-11(17)3-5-12)14-7-6-13(20)9-16(14)18-10;/h2-9,20H,1H3,(H,18,19);1H. The largest absolute Gasteiger partial charge is 0.508 e. The van der Waals surface area contributed by atoms with E-state index >= 15 is 0 Å². The van der Waals surface area contributed by atoms with E-state index < -0.39 is 0 Å². The second-order valence-electron chi connectivity index (χ2n) is 4.64. The first-order valence-electron chi connectivity index (χ1n) is 6.25. The van der Waals surface area contributed by atoms with Crippen molar-refractivity contribution in [3.8, 4) is 5.75 Å². The number of hydrogen-bond donors (Lipinski definition) is 2. The molecule has 2 N–H and O–H groups in total. The topological polar surface area (TPSA) is 45.1 Å². The third-order valence-corrected chi connectivity index (χ3v) is 3.30. The minimum absolute atomic E-state index is 0. The average molecular weight is 366 g/mol. The first-order chi connectivity index (χ1) is 9.61. The van der Waals surface area contributed by atoms with Crippen molar-refractivity contribution in [1.82, 2.24) is 4.98 Å². The van der Waals surface area contributed by atoms with Gasteiger partial charge in [0.05, 0.1) is 5.52 Å². The van der Waals surface area contributed by atoms with Gasteiger partial charge in [0.15, 0.2) is 0 Å². The lowest BCUT2D eigenvalue weighted by Gasteiger charge is -2.11. The summed E-state index contributed by atoms with van der Waals surface area (Å²) in [6.07, 6.45) is 0. The van der Waals surface area contributed by atoms with Crippen LogP contribution in [0.5, 0.6) is 5.75 Å². The molecule has 2 aromatic carbocycles. The predicted molar refractivity (Wildman–Crippen MR) is 93.2 cm³/mol. The summed E-state index contributed by atoms with van der Waals surface area (Å²) in [5.74, 6) is 0.216. The fourth-order valence-electron chi connectivity index (χ4n) is 2.14. The molecule has 5 heteroatoms. The molecule has 1 heterocycles. The lowest BCUT2D eigenvalue weighted by Crippen LogP contribution is -1.94. The Labute approximate surface area is 138 Å². The van der Waals surface area contributed by atoms with Gasteiger partial charge >= 0.3 is 0 Å². The maximum Gasteiger partial charge on any atom is 0.117 e. The van der Waals surface area contributed by atoms with Gasteiger partial charge < -0.3 is 10.4 Å². The van der Waals surface area contributed by atoms with Crippen molar-refractivity contribution in [2.75, 3.05) is 5.32 Å². The number of nitrogens with zero attached hydrogens (tertiary/aromatic N) is 1. The second kappa shape index (κ2) is 6.33. The first-order valence-corrected chi connectivity index (χ1v) is 6.62.